The van der Waals surface area contributed by atoms with Gasteiger partial charge in [0.05, 0.1) is 13.2 Å². The molecule has 1 atom stereocenters. The molecule has 7 nitrogen and oxygen atoms in total. The van der Waals surface area contributed by atoms with Gasteiger partial charge < -0.3 is 25.0 Å². The number of ether oxygens (including phenoxy) is 2. The maximum absolute atomic E-state index is 5.76. The van der Waals surface area contributed by atoms with Crippen molar-refractivity contribution >= 4 is 35.8 Å². The van der Waals surface area contributed by atoms with Gasteiger partial charge in [-0.15, -0.1) is 24.0 Å². The minimum atomic E-state index is 0. The maximum Gasteiger partial charge on any atom is 0.191 e. The van der Waals surface area contributed by atoms with Crippen LogP contribution < -0.4 is 15.5 Å². The quantitative estimate of drug-likeness (QED) is 0.227. The zero-order valence-electron chi connectivity index (χ0n) is 17.5. The average molecular weight is 517 g/mol. The number of anilines is 1. The molecule has 0 bridgehead atoms. The first-order valence-electron chi connectivity index (χ1n) is 10.7. The van der Waals surface area contributed by atoms with Crippen molar-refractivity contribution in [3.63, 3.8) is 0 Å². The minimum Gasteiger partial charge on any atom is -0.381 e. The Morgan fingerprint density at radius 2 is 2.17 bits per heavy atom. The zero-order valence-corrected chi connectivity index (χ0v) is 19.8. The first kappa shape index (κ1) is 24.1. The standard InChI is InChI=1S/C21H35N5O2.HI/c1-2-22-21(24-11-5-14-27-16-18-9-15-28-17-18)25-19-7-12-26(13-8-19)20-6-3-4-10-23-20;/h3-4,6,10,18-19H,2,5,7-9,11-17H2,1H3,(H2,22,24,25);1H. The van der Waals surface area contributed by atoms with E-state index in [0.717, 1.165) is 90.1 Å². The molecule has 0 radical (unpaired) electrons. The molecule has 1 unspecified atom stereocenters. The van der Waals surface area contributed by atoms with Crippen molar-refractivity contribution in [1.29, 1.82) is 0 Å². The second-order valence-electron chi connectivity index (χ2n) is 7.51. The lowest BCUT2D eigenvalue weighted by molar-refractivity contribution is 0.0893. The van der Waals surface area contributed by atoms with Gasteiger partial charge in [-0.05, 0) is 44.7 Å². The number of nitrogens with zero attached hydrogens (tertiary/aromatic N) is 3. The number of hydrogen-bond acceptors (Lipinski definition) is 5. The number of aliphatic imine (C=N–C) groups is 1. The average Bonchev–Trinajstić information content (AvgIpc) is 3.25. The molecule has 2 aliphatic rings. The third kappa shape index (κ3) is 8.64. The van der Waals surface area contributed by atoms with Crippen LogP contribution in [0.3, 0.4) is 0 Å². The molecule has 2 N–H and O–H groups in total. The normalized spacial score (nSPS) is 20.4. The fourth-order valence-electron chi connectivity index (χ4n) is 3.63. The van der Waals surface area contributed by atoms with E-state index in [1.807, 2.05) is 18.3 Å². The van der Waals surface area contributed by atoms with Crippen molar-refractivity contribution in [2.45, 2.75) is 38.6 Å². The molecule has 3 rings (SSSR count). The largest absolute Gasteiger partial charge is 0.381 e. The molecule has 0 aliphatic carbocycles. The van der Waals surface area contributed by atoms with Crippen molar-refractivity contribution < 1.29 is 9.47 Å². The van der Waals surface area contributed by atoms with Crippen molar-refractivity contribution in [3.05, 3.63) is 24.4 Å². The van der Waals surface area contributed by atoms with E-state index < -0.39 is 0 Å². The van der Waals surface area contributed by atoms with Gasteiger partial charge >= 0.3 is 0 Å². The molecule has 8 heteroatoms. The topological polar surface area (TPSA) is 71.0 Å². The molecule has 0 aromatic carbocycles. The van der Waals surface area contributed by atoms with E-state index in [0.29, 0.717) is 12.0 Å². The summed E-state index contributed by atoms with van der Waals surface area (Å²) in [6.07, 6.45) is 6.12. The summed E-state index contributed by atoms with van der Waals surface area (Å²) in [5, 5.41) is 6.96. The van der Waals surface area contributed by atoms with E-state index in [2.05, 4.69) is 33.5 Å². The number of piperidine rings is 1. The van der Waals surface area contributed by atoms with E-state index in [9.17, 15) is 0 Å². The number of pyridine rings is 1. The molecule has 2 aliphatic heterocycles. The summed E-state index contributed by atoms with van der Waals surface area (Å²) in [5.74, 6) is 2.58. The van der Waals surface area contributed by atoms with Crippen LogP contribution in [-0.4, -0.2) is 69.6 Å². The summed E-state index contributed by atoms with van der Waals surface area (Å²) in [6, 6.07) is 6.55. The third-order valence-corrected chi connectivity index (χ3v) is 5.25. The summed E-state index contributed by atoms with van der Waals surface area (Å²) in [6.45, 7) is 9.12. The Morgan fingerprint density at radius 1 is 1.31 bits per heavy atom. The lowest BCUT2D eigenvalue weighted by atomic mass is 10.1. The Labute approximate surface area is 192 Å². The number of halogens is 1. The van der Waals surface area contributed by atoms with Crippen molar-refractivity contribution in [1.82, 2.24) is 15.6 Å². The van der Waals surface area contributed by atoms with Crippen molar-refractivity contribution in [2.24, 2.45) is 10.9 Å². The van der Waals surface area contributed by atoms with E-state index in [1.54, 1.807) is 0 Å². The van der Waals surface area contributed by atoms with Gasteiger partial charge in [-0.3, -0.25) is 4.99 Å². The lowest BCUT2D eigenvalue weighted by Gasteiger charge is -2.33. The van der Waals surface area contributed by atoms with Crippen LogP contribution >= 0.6 is 24.0 Å². The van der Waals surface area contributed by atoms with Crippen LogP contribution in [0, 0.1) is 5.92 Å². The summed E-state index contributed by atoms with van der Waals surface area (Å²) < 4.78 is 11.1. The van der Waals surface area contributed by atoms with E-state index >= 15 is 0 Å². The first-order chi connectivity index (χ1) is 13.8. The summed E-state index contributed by atoms with van der Waals surface area (Å²) in [4.78, 5) is 11.5. The van der Waals surface area contributed by atoms with Gasteiger partial charge in [0.25, 0.3) is 0 Å². The van der Waals surface area contributed by atoms with Crippen LogP contribution in [-0.2, 0) is 9.47 Å². The second-order valence-corrected chi connectivity index (χ2v) is 7.51. The van der Waals surface area contributed by atoms with Crippen LogP contribution in [0.1, 0.15) is 32.6 Å². The Morgan fingerprint density at radius 3 is 2.86 bits per heavy atom. The molecule has 0 spiro atoms. The number of guanidine groups is 1. The molecule has 2 saturated heterocycles. The molecule has 3 heterocycles. The molecule has 1 aromatic heterocycles. The second kappa shape index (κ2) is 14.0. The Balaban J connectivity index is 0.00000300. The zero-order chi connectivity index (χ0) is 19.4. The van der Waals surface area contributed by atoms with Crippen molar-refractivity contribution in [2.75, 3.05) is 57.5 Å². The molecular weight excluding hydrogens is 481 g/mol. The van der Waals surface area contributed by atoms with Gasteiger partial charge in [0, 0.05) is 57.5 Å². The molecule has 164 valence electrons. The van der Waals surface area contributed by atoms with Crippen LogP contribution in [0.4, 0.5) is 5.82 Å². The predicted molar refractivity (Wildman–Crippen MR) is 128 cm³/mol. The lowest BCUT2D eigenvalue weighted by Crippen LogP contribution is -2.49. The Hall–Kier alpha value is -1.13. The highest BCUT2D eigenvalue weighted by molar-refractivity contribution is 14.0. The first-order valence-corrected chi connectivity index (χ1v) is 10.7. The van der Waals surface area contributed by atoms with Gasteiger partial charge in [0.2, 0.25) is 0 Å². The summed E-state index contributed by atoms with van der Waals surface area (Å²) >= 11 is 0. The fourth-order valence-corrected chi connectivity index (χ4v) is 3.63. The summed E-state index contributed by atoms with van der Waals surface area (Å²) in [7, 11) is 0. The van der Waals surface area contributed by atoms with Gasteiger partial charge in [0.1, 0.15) is 5.82 Å². The number of rotatable bonds is 9. The SMILES string of the molecule is CCNC(=NCCCOCC1CCOC1)NC1CCN(c2ccccn2)CC1.I. The molecule has 29 heavy (non-hydrogen) atoms. The van der Waals surface area contributed by atoms with Gasteiger partial charge in [-0.1, -0.05) is 6.07 Å². The molecule has 0 amide bonds. The van der Waals surface area contributed by atoms with E-state index in [4.69, 9.17) is 14.5 Å². The smallest absolute Gasteiger partial charge is 0.191 e. The molecule has 1 aromatic rings. The highest BCUT2D eigenvalue weighted by Crippen LogP contribution is 2.17. The molecule has 2 fully saturated rings. The monoisotopic (exact) mass is 517 g/mol. The van der Waals surface area contributed by atoms with Crippen LogP contribution in [0.25, 0.3) is 0 Å². The number of hydrogen-bond donors (Lipinski definition) is 2. The third-order valence-electron chi connectivity index (χ3n) is 5.25. The number of nitrogens with one attached hydrogen (secondary N) is 2. The van der Waals surface area contributed by atoms with E-state index in [1.165, 1.54) is 0 Å². The van der Waals surface area contributed by atoms with E-state index in [-0.39, 0.29) is 24.0 Å². The highest BCUT2D eigenvalue weighted by atomic mass is 127. The highest BCUT2D eigenvalue weighted by Gasteiger charge is 2.20. The Bertz CT molecular complexity index is 576. The number of aromatic nitrogens is 1. The fraction of sp³-hybridized carbons (Fsp3) is 0.714. The van der Waals surface area contributed by atoms with Crippen LogP contribution in [0.15, 0.2) is 29.4 Å². The predicted octanol–water partition coefficient (Wildman–Crippen LogP) is 2.67. The minimum absolute atomic E-state index is 0. The maximum atomic E-state index is 5.76. The molecule has 0 saturated carbocycles. The van der Waals surface area contributed by atoms with Gasteiger partial charge in [0.15, 0.2) is 5.96 Å². The van der Waals surface area contributed by atoms with Gasteiger partial charge in [-0.2, -0.15) is 0 Å². The van der Waals surface area contributed by atoms with Crippen molar-refractivity contribution in [3.8, 4) is 0 Å². The van der Waals surface area contributed by atoms with Crippen LogP contribution in [0.2, 0.25) is 0 Å². The van der Waals surface area contributed by atoms with Gasteiger partial charge in [-0.25, -0.2) is 4.98 Å². The molecular formula is C21H36IN5O2. The Kier molecular flexibility index (Phi) is 11.6. The van der Waals surface area contributed by atoms with Crippen LogP contribution in [0.5, 0.6) is 0 Å². The summed E-state index contributed by atoms with van der Waals surface area (Å²) in [5.41, 5.74) is 0.